The van der Waals surface area contributed by atoms with E-state index >= 15 is 0 Å². The topological polar surface area (TPSA) is 91.7 Å². The predicted molar refractivity (Wildman–Crippen MR) is 97.2 cm³/mol. The molecule has 6 nitrogen and oxygen atoms in total. The summed E-state index contributed by atoms with van der Waals surface area (Å²) < 4.78 is 5.52. The van der Waals surface area contributed by atoms with E-state index in [2.05, 4.69) is 10.3 Å². The summed E-state index contributed by atoms with van der Waals surface area (Å²) in [5.74, 6) is -0.0528. The SMILES string of the molecule is C[C@@H](Cc1ncc(CCC(=O)O)s1)NC[C@H](O)COc1ccccc1. The Labute approximate surface area is 151 Å². The zero-order chi connectivity index (χ0) is 18.1. The number of nitrogens with zero attached hydrogens (tertiary/aromatic N) is 1. The monoisotopic (exact) mass is 364 g/mol. The summed E-state index contributed by atoms with van der Waals surface area (Å²) >= 11 is 1.54. The van der Waals surface area contributed by atoms with Crippen molar-refractivity contribution >= 4 is 17.3 Å². The first-order valence-electron chi connectivity index (χ1n) is 8.27. The number of carbonyl (C=O) groups is 1. The molecule has 2 aromatic rings. The molecule has 0 aliphatic heterocycles. The van der Waals surface area contributed by atoms with Crippen LogP contribution >= 0.6 is 11.3 Å². The highest BCUT2D eigenvalue weighted by Gasteiger charge is 2.11. The molecule has 0 amide bonds. The van der Waals surface area contributed by atoms with Crippen LogP contribution in [0.5, 0.6) is 5.75 Å². The third kappa shape index (κ3) is 7.64. The average molecular weight is 364 g/mol. The molecule has 1 aromatic heterocycles. The lowest BCUT2D eigenvalue weighted by molar-refractivity contribution is -0.136. The lowest BCUT2D eigenvalue weighted by atomic mass is 10.2. The molecule has 7 heteroatoms. The first-order valence-corrected chi connectivity index (χ1v) is 9.09. The Kier molecular flexibility index (Phi) is 7.84. The van der Waals surface area contributed by atoms with Crippen LogP contribution in [0.1, 0.15) is 23.2 Å². The summed E-state index contributed by atoms with van der Waals surface area (Å²) in [7, 11) is 0. The molecule has 0 spiro atoms. The average Bonchev–Trinajstić information content (AvgIpc) is 3.04. The van der Waals surface area contributed by atoms with Gasteiger partial charge in [0.2, 0.25) is 0 Å². The fourth-order valence-electron chi connectivity index (χ4n) is 2.23. The van der Waals surface area contributed by atoms with E-state index in [1.807, 2.05) is 37.3 Å². The third-order valence-corrected chi connectivity index (χ3v) is 4.63. The van der Waals surface area contributed by atoms with Crippen LogP contribution in [0.15, 0.2) is 36.5 Å². The van der Waals surface area contributed by atoms with Gasteiger partial charge in [-0.05, 0) is 25.5 Å². The maximum atomic E-state index is 10.6. The Hall–Kier alpha value is -1.96. The van der Waals surface area contributed by atoms with Gasteiger partial charge in [-0.3, -0.25) is 4.79 Å². The van der Waals surface area contributed by atoms with Gasteiger partial charge in [-0.2, -0.15) is 0 Å². The first-order chi connectivity index (χ1) is 12.0. The summed E-state index contributed by atoms with van der Waals surface area (Å²) in [6.45, 7) is 2.70. The van der Waals surface area contributed by atoms with Gasteiger partial charge in [-0.15, -0.1) is 11.3 Å². The third-order valence-electron chi connectivity index (χ3n) is 3.56. The van der Waals surface area contributed by atoms with Crippen LogP contribution < -0.4 is 10.1 Å². The second kappa shape index (κ2) is 10.1. The number of hydrogen-bond donors (Lipinski definition) is 3. The Balaban J connectivity index is 1.66. The molecule has 0 saturated heterocycles. The maximum Gasteiger partial charge on any atom is 0.303 e. The normalized spacial score (nSPS) is 13.4. The zero-order valence-corrected chi connectivity index (χ0v) is 15.0. The van der Waals surface area contributed by atoms with Crippen molar-refractivity contribution < 1.29 is 19.7 Å². The number of thiazole rings is 1. The molecule has 0 aliphatic rings. The molecular formula is C18H24N2O4S. The number of rotatable bonds is 11. The molecule has 0 saturated carbocycles. The van der Waals surface area contributed by atoms with Crippen LogP contribution in [0.3, 0.4) is 0 Å². The van der Waals surface area contributed by atoms with E-state index in [1.54, 1.807) is 17.5 Å². The van der Waals surface area contributed by atoms with E-state index in [9.17, 15) is 9.90 Å². The Morgan fingerprint density at radius 3 is 2.84 bits per heavy atom. The number of aryl methyl sites for hydroxylation is 1. The molecule has 2 atom stereocenters. The molecule has 1 heterocycles. The van der Waals surface area contributed by atoms with Gasteiger partial charge in [-0.1, -0.05) is 18.2 Å². The van der Waals surface area contributed by atoms with Crippen LogP contribution in [-0.2, 0) is 17.6 Å². The quantitative estimate of drug-likeness (QED) is 0.566. The Morgan fingerprint density at radius 2 is 2.12 bits per heavy atom. The summed E-state index contributed by atoms with van der Waals surface area (Å²) in [5, 5.41) is 22.9. The van der Waals surface area contributed by atoms with Crippen molar-refractivity contribution in [2.24, 2.45) is 0 Å². The summed E-state index contributed by atoms with van der Waals surface area (Å²) in [6.07, 6.45) is 2.54. The van der Waals surface area contributed by atoms with Crippen molar-refractivity contribution in [1.29, 1.82) is 0 Å². The Morgan fingerprint density at radius 1 is 1.36 bits per heavy atom. The second-order valence-corrected chi connectivity index (χ2v) is 7.11. The van der Waals surface area contributed by atoms with Gasteiger partial charge in [0.15, 0.2) is 0 Å². The maximum absolute atomic E-state index is 10.6. The molecule has 0 bridgehead atoms. The number of ether oxygens (including phenoxy) is 1. The lowest BCUT2D eigenvalue weighted by Crippen LogP contribution is -2.37. The molecule has 0 radical (unpaired) electrons. The van der Waals surface area contributed by atoms with Gasteiger partial charge in [0, 0.05) is 30.1 Å². The van der Waals surface area contributed by atoms with Crippen molar-refractivity contribution in [3.05, 3.63) is 46.4 Å². The minimum atomic E-state index is -0.795. The Bertz CT molecular complexity index is 648. The van der Waals surface area contributed by atoms with Crippen molar-refractivity contribution in [3.8, 4) is 5.75 Å². The standard InChI is InChI=1S/C18H24N2O4S/c1-13(9-17-20-11-16(25-17)7-8-18(22)23)19-10-14(21)12-24-15-5-3-2-4-6-15/h2-6,11,13-14,19,21H,7-10,12H2,1H3,(H,22,23)/t13-,14-/m0/s1. The highest BCUT2D eigenvalue weighted by atomic mass is 32.1. The molecule has 2 rings (SSSR count). The molecule has 136 valence electrons. The molecular weight excluding hydrogens is 340 g/mol. The van der Waals surface area contributed by atoms with E-state index in [-0.39, 0.29) is 19.1 Å². The minimum absolute atomic E-state index is 0.128. The van der Waals surface area contributed by atoms with Gasteiger partial charge in [0.05, 0.1) is 11.4 Å². The van der Waals surface area contributed by atoms with Crippen LogP contribution in [0.4, 0.5) is 0 Å². The van der Waals surface area contributed by atoms with Crippen LogP contribution in [0.2, 0.25) is 0 Å². The lowest BCUT2D eigenvalue weighted by Gasteiger charge is -2.17. The number of benzene rings is 1. The number of aliphatic hydroxyl groups excluding tert-OH is 1. The number of aliphatic hydroxyl groups is 1. The highest BCUT2D eigenvalue weighted by Crippen LogP contribution is 2.16. The second-order valence-electron chi connectivity index (χ2n) is 5.91. The van der Waals surface area contributed by atoms with Crippen molar-refractivity contribution in [3.63, 3.8) is 0 Å². The van der Waals surface area contributed by atoms with Gasteiger partial charge in [-0.25, -0.2) is 4.98 Å². The van der Waals surface area contributed by atoms with E-state index in [0.717, 1.165) is 22.1 Å². The van der Waals surface area contributed by atoms with Crippen LogP contribution in [0, 0.1) is 0 Å². The molecule has 25 heavy (non-hydrogen) atoms. The van der Waals surface area contributed by atoms with E-state index in [4.69, 9.17) is 9.84 Å². The zero-order valence-electron chi connectivity index (χ0n) is 14.2. The number of para-hydroxylation sites is 1. The molecule has 0 aliphatic carbocycles. The predicted octanol–water partition coefficient (Wildman–Crippen LogP) is 2.12. The van der Waals surface area contributed by atoms with Crippen LogP contribution in [0.25, 0.3) is 0 Å². The van der Waals surface area contributed by atoms with Crippen molar-refractivity contribution in [1.82, 2.24) is 10.3 Å². The van der Waals surface area contributed by atoms with E-state index in [1.165, 1.54) is 0 Å². The molecule has 0 unspecified atom stereocenters. The largest absolute Gasteiger partial charge is 0.491 e. The fraction of sp³-hybridized carbons (Fsp3) is 0.444. The summed E-state index contributed by atoms with van der Waals surface area (Å²) in [4.78, 5) is 15.9. The molecule has 3 N–H and O–H groups in total. The summed E-state index contributed by atoms with van der Waals surface area (Å²) in [5.41, 5.74) is 0. The smallest absolute Gasteiger partial charge is 0.303 e. The number of hydrogen-bond acceptors (Lipinski definition) is 6. The molecule has 1 aromatic carbocycles. The van der Waals surface area contributed by atoms with Gasteiger partial charge in [0.25, 0.3) is 0 Å². The van der Waals surface area contributed by atoms with Crippen LogP contribution in [-0.4, -0.2) is 46.5 Å². The number of aliphatic carboxylic acids is 1. The number of aromatic nitrogens is 1. The van der Waals surface area contributed by atoms with Crippen molar-refractivity contribution in [2.75, 3.05) is 13.2 Å². The van der Waals surface area contributed by atoms with Gasteiger partial charge < -0.3 is 20.3 Å². The highest BCUT2D eigenvalue weighted by molar-refractivity contribution is 7.11. The number of carboxylic acid groups (broad SMARTS) is 1. The number of carboxylic acids is 1. The molecule has 0 fully saturated rings. The fourth-order valence-corrected chi connectivity index (χ4v) is 3.28. The number of nitrogens with one attached hydrogen (secondary N) is 1. The van der Waals surface area contributed by atoms with Crippen molar-refractivity contribution in [2.45, 2.75) is 38.3 Å². The summed E-state index contributed by atoms with van der Waals surface area (Å²) in [6, 6.07) is 9.56. The van der Waals surface area contributed by atoms with E-state index < -0.39 is 12.1 Å². The van der Waals surface area contributed by atoms with E-state index in [0.29, 0.717) is 13.0 Å². The first kappa shape index (κ1) is 19.4. The van der Waals surface area contributed by atoms with Gasteiger partial charge >= 0.3 is 5.97 Å². The minimum Gasteiger partial charge on any atom is -0.491 e. The van der Waals surface area contributed by atoms with Gasteiger partial charge in [0.1, 0.15) is 18.5 Å².